The van der Waals surface area contributed by atoms with Crippen LogP contribution in [0.15, 0.2) is 29.3 Å². The minimum absolute atomic E-state index is 0.00978. The summed E-state index contributed by atoms with van der Waals surface area (Å²) in [5.74, 6) is -0.00978. The summed E-state index contributed by atoms with van der Waals surface area (Å²) >= 11 is 6.13. The zero-order valence-corrected chi connectivity index (χ0v) is 22.2. The van der Waals surface area contributed by atoms with Gasteiger partial charge in [0.2, 0.25) is 0 Å². The predicted octanol–water partition coefficient (Wildman–Crippen LogP) is 3.70. The molecule has 1 fully saturated rings. The Morgan fingerprint density at radius 3 is 2.53 bits per heavy atom. The van der Waals surface area contributed by atoms with Crippen LogP contribution in [0.5, 0.6) is 5.75 Å². The molecule has 0 N–H and O–H groups in total. The molecule has 1 aromatic heterocycles. The van der Waals surface area contributed by atoms with E-state index < -0.39 is 45.0 Å². The number of hydrogen-bond acceptors (Lipinski definition) is 7. The number of anilines is 2. The van der Waals surface area contributed by atoms with Gasteiger partial charge in [-0.05, 0) is 51.8 Å². The van der Waals surface area contributed by atoms with Crippen LogP contribution in [-0.4, -0.2) is 48.7 Å². The zero-order valence-electron chi connectivity index (χ0n) is 20.6. The predicted molar refractivity (Wildman–Crippen MR) is 128 cm³/mol. The molecule has 2 aromatic rings. The van der Waals surface area contributed by atoms with Gasteiger partial charge in [-0.3, -0.25) is 8.99 Å². The van der Waals surface area contributed by atoms with Crippen molar-refractivity contribution in [2.24, 2.45) is 5.41 Å². The number of hydrogen-bond donors (Lipinski definition) is 0. The van der Waals surface area contributed by atoms with E-state index in [4.69, 9.17) is 16.3 Å². The van der Waals surface area contributed by atoms with Crippen LogP contribution in [0.1, 0.15) is 40.0 Å². The Kier molecular flexibility index (Phi) is 6.76. The Labute approximate surface area is 222 Å². The molecule has 0 unspecified atom stereocenters. The van der Waals surface area contributed by atoms with E-state index in [0.717, 1.165) is 16.4 Å². The SMILES string of the molecule is CCn1cc(S(=O)(=O)N2C[C@@H](CC3(C#N)CC3)Oc3ccc(N(C(=O)[O-])C(C)(C)C(F)(F)F)cc32)c(Cl)n1. The molecule has 2 heterocycles. The standard InChI is InChI=1S/C23H25ClF3N5O5S/c1-4-30-12-18(19(24)29-30)38(35,36)31-11-15(10-22(13-28)7-8-22)37-17-6-5-14(9-16(17)31)32(20(33)34)21(2,3)23(25,26)27/h5-6,9,12,15H,4,7-8,10-11H2,1-3H3,(H,33,34)/p-1/t15-/m1/s1. The highest BCUT2D eigenvalue weighted by Gasteiger charge is 2.53. The van der Waals surface area contributed by atoms with Crippen LogP contribution in [0.25, 0.3) is 0 Å². The van der Waals surface area contributed by atoms with Crippen LogP contribution < -0.4 is 19.0 Å². The second-order valence-corrected chi connectivity index (χ2v) is 12.0. The number of alkyl halides is 3. The molecular weight excluding hydrogens is 551 g/mol. The number of ether oxygens (including phenoxy) is 1. The molecule has 10 nitrogen and oxygen atoms in total. The first kappa shape index (κ1) is 27.8. The van der Waals surface area contributed by atoms with Crippen molar-refractivity contribution in [3.8, 4) is 11.8 Å². The van der Waals surface area contributed by atoms with Gasteiger partial charge < -0.3 is 19.5 Å². The lowest BCUT2D eigenvalue weighted by atomic mass is 9.99. The topological polar surface area (TPSA) is 132 Å². The summed E-state index contributed by atoms with van der Waals surface area (Å²) < 4.78 is 77.1. The fourth-order valence-electron chi connectivity index (χ4n) is 4.34. The van der Waals surface area contributed by atoms with E-state index in [1.807, 2.05) is 0 Å². The fraction of sp³-hybridized carbons (Fsp3) is 0.522. The summed E-state index contributed by atoms with van der Waals surface area (Å²) in [5, 5.41) is 25.1. The van der Waals surface area contributed by atoms with Gasteiger partial charge >= 0.3 is 6.18 Å². The van der Waals surface area contributed by atoms with Crippen molar-refractivity contribution < 1.29 is 36.2 Å². The molecule has 0 bridgehead atoms. The van der Waals surface area contributed by atoms with E-state index >= 15 is 0 Å². The van der Waals surface area contributed by atoms with Gasteiger partial charge in [0.25, 0.3) is 10.0 Å². The molecule has 1 aliphatic heterocycles. The van der Waals surface area contributed by atoms with E-state index in [0.29, 0.717) is 33.2 Å². The molecule has 1 amide bonds. The average molecular weight is 575 g/mol. The van der Waals surface area contributed by atoms with Crippen LogP contribution in [0, 0.1) is 16.7 Å². The van der Waals surface area contributed by atoms with Crippen LogP contribution in [-0.2, 0) is 16.6 Å². The normalized spacial score (nSPS) is 18.8. The maximum atomic E-state index is 13.8. The fourth-order valence-corrected chi connectivity index (χ4v) is 6.29. The first-order chi connectivity index (χ1) is 17.6. The van der Waals surface area contributed by atoms with Crippen LogP contribution >= 0.6 is 11.6 Å². The molecule has 1 saturated carbocycles. The van der Waals surface area contributed by atoms with E-state index in [2.05, 4.69) is 11.2 Å². The summed E-state index contributed by atoms with van der Waals surface area (Å²) in [7, 11) is -4.45. The highest BCUT2D eigenvalue weighted by molar-refractivity contribution is 7.93. The van der Waals surface area contributed by atoms with Crippen molar-refractivity contribution in [3.05, 3.63) is 29.5 Å². The lowest BCUT2D eigenvalue weighted by molar-refractivity contribution is -0.254. The lowest BCUT2D eigenvalue weighted by Gasteiger charge is -2.42. The molecule has 38 heavy (non-hydrogen) atoms. The van der Waals surface area contributed by atoms with Crippen molar-refractivity contribution in [1.82, 2.24) is 9.78 Å². The van der Waals surface area contributed by atoms with Crippen molar-refractivity contribution in [2.75, 3.05) is 15.7 Å². The number of benzene rings is 1. The molecule has 4 rings (SSSR count). The molecule has 0 spiro atoms. The van der Waals surface area contributed by atoms with Gasteiger partial charge in [-0.1, -0.05) is 11.6 Å². The highest BCUT2D eigenvalue weighted by atomic mass is 35.5. The molecule has 0 radical (unpaired) electrons. The number of aromatic nitrogens is 2. The minimum atomic E-state index is -4.98. The van der Waals surface area contributed by atoms with Crippen molar-refractivity contribution in [2.45, 2.75) is 69.3 Å². The molecule has 0 saturated heterocycles. The van der Waals surface area contributed by atoms with Gasteiger partial charge in [-0.2, -0.15) is 23.5 Å². The van der Waals surface area contributed by atoms with Gasteiger partial charge in [-0.25, -0.2) is 8.42 Å². The average Bonchev–Trinajstić information content (AvgIpc) is 3.48. The minimum Gasteiger partial charge on any atom is -0.530 e. The number of fused-ring (bicyclic) bond motifs is 1. The Morgan fingerprint density at radius 1 is 1.37 bits per heavy atom. The Balaban J connectivity index is 1.85. The maximum absolute atomic E-state index is 13.8. The number of sulfonamides is 1. The molecular formula is C23H24ClF3N5O5S-. The van der Waals surface area contributed by atoms with Crippen LogP contribution in [0.2, 0.25) is 5.15 Å². The van der Waals surface area contributed by atoms with E-state index in [9.17, 15) is 36.8 Å². The third kappa shape index (κ3) is 4.73. The van der Waals surface area contributed by atoms with E-state index in [1.54, 1.807) is 6.92 Å². The molecule has 1 atom stereocenters. The largest absolute Gasteiger partial charge is 0.530 e. The number of carboxylic acid groups (broad SMARTS) is 1. The van der Waals surface area contributed by atoms with Gasteiger partial charge in [-0.15, -0.1) is 0 Å². The van der Waals surface area contributed by atoms with Crippen molar-refractivity contribution in [3.63, 3.8) is 0 Å². The van der Waals surface area contributed by atoms with E-state index in [1.165, 1.54) is 16.9 Å². The Hall–Kier alpha value is -3.18. The maximum Gasteiger partial charge on any atom is 0.411 e. The van der Waals surface area contributed by atoms with Gasteiger partial charge in [0, 0.05) is 24.8 Å². The number of rotatable bonds is 7. The molecule has 1 aliphatic carbocycles. The number of amides is 1. The monoisotopic (exact) mass is 574 g/mol. The summed E-state index contributed by atoms with van der Waals surface area (Å²) in [4.78, 5) is 11.6. The number of carbonyl (C=O) groups excluding carboxylic acids is 1. The summed E-state index contributed by atoms with van der Waals surface area (Å²) in [6.45, 7) is 3.08. The first-order valence-corrected chi connectivity index (χ1v) is 13.4. The summed E-state index contributed by atoms with van der Waals surface area (Å²) in [6.07, 6.45) is -5.15. The molecule has 1 aromatic carbocycles. The summed E-state index contributed by atoms with van der Waals surface area (Å²) in [5.41, 5.74) is -4.21. The number of nitriles is 1. The van der Waals surface area contributed by atoms with Gasteiger partial charge in [0.1, 0.15) is 28.4 Å². The van der Waals surface area contributed by atoms with Crippen LogP contribution in [0.3, 0.4) is 0 Å². The first-order valence-electron chi connectivity index (χ1n) is 11.6. The smallest absolute Gasteiger partial charge is 0.411 e. The van der Waals surface area contributed by atoms with Crippen LogP contribution in [0.4, 0.5) is 29.3 Å². The highest BCUT2D eigenvalue weighted by Crippen LogP contribution is 2.51. The number of nitrogens with zero attached hydrogens (tertiary/aromatic N) is 5. The Bertz CT molecular complexity index is 1420. The third-order valence-electron chi connectivity index (χ3n) is 6.85. The quantitative estimate of drug-likeness (QED) is 0.492. The Morgan fingerprint density at radius 2 is 2.03 bits per heavy atom. The molecule has 2 aliphatic rings. The van der Waals surface area contributed by atoms with Crippen molar-refractivity contribution in [1.29, 1.82) is 5.26 Å². The number of aryl methyl sites for hydroxylation is 1. The van der Waals surface area contributed by atoms with Crippen molar-refractivity contribution >= 4 is 39.1 Å². The van der Waals surface area contributed by atoms with Gasteiger partial charge in [0.05, 0.1) is 23.7 Å². The molecule has 206 valence electrons. The zero-order chi connectivity index (χ0) is 28.3. The second kappa shape index (κ2) is 9.23. The lowest BCUT2D eigenvalue weighted by Crippen LogP contribution is -2.60. The number of halogens is 4. The third-order valence-corrected chi connectivity index (χ3v) is 9.03. The van der Waals surface area contributed by atoms with E-state index in [-0.39, 0.29) is 39.4 Å². The number of carbonyl (C=O) groups is 1. The van der Waals surface area contributed by atoms with Gasteiger partial charge in [0.15, 0.2) is 5.15 Å². The molecule has 15 heteroatoms. The summed E-state index contributed by atoms with van der Waals surface area (Å²) in [6, 6.07) is 5.49. The second-order valence-electron chi connectivity index (χ2n) is 9.82.